The van der Waals surface area contributed by atoms with E-state index >= 15 is 0 Å². The van der Waals surface area contributed by atoms with Gasteiger partial charge in [0.1, 0.15) is 23.9 Å². The Morgan fingerprint density at radius 1 is 1.19 bits per heavy atom. The van der Waals surface area contributed by atoms with Gasteiger partial charge in [0.25, 0.3) is 0 Å². The van der Waals surface area contributed by atoms with Crippen molar-refractivity contribution in [3.63, 3.8) is 0 Å². The first-order valence-electron chi connectivity index (χ1n) is 10.6. The van der Waals surface area contributed by atoms with Crippen LogP contribution in [0.5, 0.6) is 5.88 Å². The number of rotatable bonds is 5. The fourth-order valence-corrected chi connectivity index (χ4v) is 3.99. The number of amides is 1. The van der Waals surface area contributed by atoms with Gasteiger partial charge in [0.05, 0.1) is 6.54 Å². The van der Waals surface area contributed by atoms with Crippen LogP contribution >= 0.6 is 0 Å². The Hall–Kier alpha value is -3.24. The number of likely N-dealkylation sites (tertiary alicyclic amines) is 1. The average Bonchev–Trinajstić information content (AvgIpc) is 3.40. The average molecular weight is 446 g/mol. The SMILES string of the molecule is CCn1c(-c2ccc(C(F)(F)F)nc2)nc2c(O[C@H]3CCN(C(=O)C4CC4)C3)ncnc21. The summed E-state index contributed by atoms with van der Waals surface area (Å²) in [6, 6.07) is 2.28. The van der Waals surface area contributed by atoms with Crippen LogP contribution in [0.3, 0.4) is 0 Å². The van der Waals surface area contributed by atoms with E-state index in [1.165, 1.54) is 12.4 Å². The minimum absolute atomic E-state index is 0.166. The predicted molar refractivity (Wildman–Crippen MR) is 108 cm³/mol. The summed E-state index contributed by atoms with van der Waals surface area (Å²) in [6.07, 6.45) is 0.455. The summed E-state index contributed by atoms with van der Waals surface area (Å²) in [5.74, 6) is 1.09. The first-order chi connectivity index (χ1) is 15.3. The minimum Gasteiger partial charge on any atom is -0.471 e. The highest BCUT2D eigenvalue weighted by Crippen LogP contribution is 2.34. The molecule has 11 heteroatoms. The van der Waals surface area contributed by atoms with Crippen molar-refractivity contribution < 1.29 is 22.7 Å². The predicted octanol–water partition coefficient (Wildman–Crippen LogP) is 3.32. The van der Waals surface area contributed by atoms with Gasteiger partial charge in [0, 0.05) is 37.2 Å². The quantitative estimate of drug-likeness (QED) is 0.598. The van der Waals surface area contributed by atoms with Crippen LogP contribution in [0.25, 0.3) is 22.6 Å². The number of aryl methyl sites for hydroxylation is 1. The molecule has 2 aliphatic rings. The van der Waals surface area contributed by atoms with Gasteiger partial charge in [-0.1, -0.05) is 0 Å². The second kappa shape index (κ2) is 7.72. The molecule has 1 aliphatic heterocycles. The van der Waals surface area contributed by atoms with Crippen molar-refractivity contribution in [2.75, 3.05) is 13.1 Å². The van der Waals surface area contributed by atoms with Gasteiger partial charge in [-0.25, -0.2) is 9.97 Å². The molecule has 0 bridgehead atoms. The lowest BCUT2D eigenvalue weighted by molar-refractivity contribution is -0.141. The van der Waals surface area contributed by atoms with Crippen LogP contribution in [0, 0.1) is 5.92 Å². The molecule has 1 atom stereocenters. The summed E-state index contributed by atoms with van der Waals surface area (Å²) < 4.78 is 46.5. The molecule has 32 heavy (non-hydrogen) atoms. The highest BCUT2D eigenvalue weighted by atomic mass is 19.4. The van der Waals surface area contributed by atoms with E-state index in [1.807, 2.05) is 11.8 Å². The fourth-order valence-electron chi connectivity index (χ4n) is 3.99. The zero-order valence-corrected chi connectivity index (χ0v) is 17.3. The summed E-state index contributed by atoms with van der Waals surface area (Å²) in [7, 11) is 0. The van der Waals surface area contributed by atoms with Gasteiger partial charge in [-0.2, -0.15) is 18.2 Å². The van der Waals surface area contributed by atoms with Gasteiger partial charge in [-0.05, 0) is 31.9 Å². The Balaban J connectivity index is 1.43. The number of carbonyl (C=O) groups excluding carboxylic acids is 1. The summed E-state index contributed by atoms with van der Waals surface area (Å²) in [5, 5.41) is 0. The molecule has 1 aliphatic carbocycles. The molecule has 1 amide bonds. The fraction of sp³-hybridized carbons (Fsp3) is 0.476. The van der Waals surface area contributed by atoms with Crippen molar-refractivity contribution >= 4 is 17.1 Å². The third kappa shape index (κ3) is 3.76. The van der Waals surface area contributed by atoms with E-state index in [0.717, 1.165) is 25.1 Å². The maximum absolute atomic E-state index is 12.9. The number of aromatic nitrogens is 5. The van der Waals surface area contributed by atoms with Gasteiger partial charge >= 0.3 is 6.18 Å². The molecular weight excluding hydrogens is 425 g/mol. The van der Waals surface area contributed by atoms with Crippen molar-refractivity contribution in [2.24, 2.45) is 5.92 Å². The van der Waals surface area contributed by atoms with E-state index < -0.39 is 11.9 Å². The zero-order valence-electron chi connectivity index (χ0n) is 17.3. The number of pyridine rings is 1. The van der Waals surface area contributed by atoms with Crippen LogP contribution in [-0.4, -0.2) is 54.5 Å². The topological polar surface area (TPSA) is 86.0 Å². The number of ether oxygens (including phenoxy) is 1. The van der Waals surface area contributed by atoms with E-state index in [4.69, 9.17) is 4.74 Å². The summed E-state index contributed by atoms with van der Waals surface area (Å²) in [4.78, 5) is 30.8. The molecule has 3 aromatic rings. The molecule has 5 rings (SSSR count). The van der Waals surface area contributed by atoms with E-state index in [1.54, 1.807) is 4.57 Å². The Labute approximate surface area is 181 Å². The molecular formula is C21H21F3N6O2. The molecule has 0 spiro atoms. The van der Waals surface area contributed by atoms with Crippen molar-refractivity contribution in [3.05, 3.63) is 30.4 Å². The molecule has 4 heterocycles. The van der Waals surface area contributed by atoms with Crippen LogP contribution in [0.1, 0.15) is 31.9 Å². The van der Waals surface area contributed by atoms with Gasteiger partial charge in [-0.15, -0.1) is 0 Å². The molecule has 0 N–H and O–H groups in total. The second-order valence-corrected chi connectivity index (χ2v) is 8.05. The molecule has 0 radical (unpaired) electrons. The minimum atomic E-state index is -4.51. The number of hydrogen-bond acceptors (Lipinski definition) is 6. The standard InChI is InChI=1S/C21H21F3N6O2/c1-2-30-17(13-5-6-15(25-9-13)21(22,23)24)28-16-18(30)26-11-27-19(16)32-14-7-8-29(10-14)20(31)12-3-4-12/h5-6,9,11-12,14H,2-4,7-8,10H2,1H3/t14-/m0/s1. The number of nitrogens with zero attached hydrogens (tertiary/aromatic N) is 6. The third-order valence-electron chi connectivity index (χ3n) is 5.79. The maximum Gasteiger partial charge on any atom is 0.433 e. The third-order valence-corrected chi connectivity index (χ3v) is 5.79. The van der Waals surface area contributed by atoms with Crippen molar-refractivity contribution in [1.29, 1.82) is 0 Å². The van der Waals surface area contributed by atoms with Crippen LogP contribution in [0.15, 0.2) is 24.7 Å². The largest absolute Gasteiger partial charge is 0.471 e. The number of carbonyl (C=O) groups is 1. The van der Waals surface area contributed by atoms with Crippen molar-refractivity contribution in [3.8, 4) is 17.3 Å². The number of imidazole rings is 1. The maximum atomic E-state index is 12.9. The van der Waals surface area contributed by atoms with Gasteiger partial charge in [-0.3, -0.25) is 9.78 Å². The lowest BCUT2D eigenvalue weighted by Gasteiger charge is -2.16. The Bertz CT molecular complexity index is 1160. The van der Waals surface area contributed by atoms with Crippen LogP contribution in [-0.2, 0) is 17.5 Å². The molecule has 0 unspecified atom stereocenters. The van der Waals surface area contributed by atoms with Crippen molar-refractivity contribution in [1.82, 2.24) is 29.4 Å². The Morgan fingerprint density at radius 3 is 2.66 bits per heavy atom. The highest BCUT2D eigenvalue weighted by Gasteiger charge is 2.37. The number of halogens is 3. The first kappa shape index (κ1) is 20.7. The normalized spacial score (nSPS) is 19.0. The van der Waals surface area contributed by atoms with E-state index in [2.05, 4.69) is 19.9 Å². The second-order valence-electron chi connectivity index (χ2n) is 8.05. The molecule has 1 saturated heterocycles. The molecule has 168 valence electrons. The number of hydrogen-bond donors (Lipinski definition) is 0. The monoisotopic (exact) mass is 446 g/mol. The molecule has 2 fully saturated rings. The zero-order chi connectivity index (χ0) is 22.5. The van der Waals surface area contributed by atoms with Crippen LogP contribution in [0.2, 0.25) is 0 Å². The molecule has 0 aromatic carbocycles. The van der Waals surface area contributed by atoms with Gasteiger partial charge < -0.3 is 14.2 Å². The Kier molecular flexibility index (Phi) is 4.98. The summed E-state index contributed by atoms with van der Waals surface area (Å²) >= 11 is 0. The smallest absolute Gasteiger partial charge is 0.433 e. The summed E-state index contributed by atoms with van der Waals surface area (Å²) in [6.45, 7) is 3.55. The van der Waals surface area contributed by atoms with Gasteiger partial charge in [0.2, 0.25) is 11.8 Å². The number of fused-ring (bicyclic) bond motifs is 1. The molecule has 8 nitrogen and oxygen atoms in total. The lowest BCUT2D eigenvalue weighted by atomic mass is 10.2. The van der Waals surface area contributed by atoms with E-state index in [-0.39, 0.29) is 17.9 Å². The van der Waals surface area contributed by atoms with Crippen molar-refractivity contribution in [2.45, 2.75) is 45.0 Å². The molecule has 1 saturated carbocycles. The van der Waals surface area contributed by atoms with Crippen LogP contribution < -0.4 is 4.74 Å². The van der Waals surface area contributed by atoms with Gasteiger partial charge in [0.15, 0.2) is 11.2 Å². The highest BCUT2D eigenvalue weighted by molar-refractivity contribution is 5.82. The Morgan fingerprint density at radius 2 is 2.00 bits per heavy atom. The number of alkyl halides is 3. The summed E-state index contributed by atoms with van der Waals surface area (Å²) in [5.41, 5.74) is 0.425. The van der Waals surface area contributed by atoms with Crippen LogP contribution in [0.4, 0.5) is 13.2 Å². The van der Waals surface area contributed by atoms with E-state index in [0.29, 0.717) is 54.5 Å². The first-order valence-corrected chi connectivity index (χ1v) is 10.6. The lowest BCUT2D eigenvalue weighted by Crippen LogP contribution is -2.32. The molecule has 3 aromatic heterocycles. The van der Waals surface area contributed by atoms with E-state index in [9.17, 15) is 18.0 Å².